The summed E-state index contributed by atoms with van der Waals surface area (Å²) >= 11 is 0. The predicted molar refractivity (Wildman–Crippen MR) is 70.2 cm³/mol. The molecule has 9 nitrogen and oxygen atoms in total. The third-order valence-electron chi connectivity index (χ3n) is 1.94. The normalized spacial score (nSPS) is 11.6. The molecule has 0 spiro atoms. The van der Waals surface area contributed by atoms with E-state index in [2.05, 4.69) is 20.2 Å². The highest BCUT2D eigenvalue weighted by Gasteiger charge is 2.17. The second kappa shape index (κ2) is 8.05. The smallest absolute Gasteiger partial charge is 0.229 e. The van der Waals surface area contributed by atoms with Gasteiger partial charge in [0.25, 0.3) is 0 Å². The first kappa shape index (κ1) is 14.2. The third-order valence-corrected chi connectivity index (χ3v) is 2.66. The predicted octanol–water partition coefficient (Wildman–Crippen LogP) is 1.20. The molecule has 0 fully saturated rings. The monoisotopic (exact) mass is 295 g/mol. The van der Waals surface area contributed by atoms with Gasteiger partial charge >= 0.3 is 8.25 Å². The second-order valence-corrected chi connectivity index (χ2v) is 4.30. The van der Waals surface area contributed by atoms with Crippen LogP contribution in [0.15, 0.2) is 37.5 Å². The first-order chi connectivity index (χ1) is 9.84. The molecule has 2 aromatic heterocycles. The van der Waals surface area contributed by atoms with Gasteiger partial charge in [0.15, 0.2) is 0 Å². The van der Waals surface area contributed by atoms with E-state index >= 15 is 0 Å². The summed E-state index contributed by atoms with van der Waals surface area (Å²) in [5.74, 6) is 0. The van der Waals surface area contributed by atoms with Gasteiger partial charge in [-0.2, -0.15) is 10.2 Å². The molecule has 0 saturated carbocycles. The minimum absolute atomic E-state index is 0.155. The second-order valence-electron chi connectivity index (χ2n) is 3.34. The highest BCUT2D eigenvalue weighted by Crippen LogP contribution is 2.23. The highest BCUT2D eigenvalue weighted by molar-refractivity contribution is 7.33. The van der Waals surface area contributed by atoms with Crippen LogP contribution in [-0.2, 0) is 13.6 Å². The molecule has 10 heteroatoms. The van der Waals surface area contributed by atoms with Gasteiger partial charge < -0.3 is 0 Å². The van der Waals surface area contributed by atoms with E-state index in [4.69, 9.17) is 9.05 Å². The summed E-state index contributed by atoms with van der Waals surface area (Å²) in [7, 11) is -2.16. The lowest BCUT2D eigenvalue weighted by Gasteiger charge is -1.88. The number of nitrogens with zero attached hydrogens (tertiary/aromatic N) is 6. The molecule has 0 aliphatic carbocycles. The summed E-state index contributed by atoms with van der Waals surface area (Å²) in [5, 5.41) is 7.71. The lowest BCUT2D eigenvalue weighted by atomic mass is 10.6. The number of hydrogen-bond donors (Lipinski definition) is 0. The Labute approximate surface area is 115 Å². The summed E-state index contributed by atoms with van der Waals surface area (Å²) in [6.45, 7) is 0.309. The van der Waals surface area contributed by atoms with E-state index < -0.39 is 8.25 Å². The molecule has 0 aliphatic heterocycles. The van der Waals surface area contributed by atoms with Crippen LogP contribution in [0.3, 0.4) is 0 Å². The molecule has 104 valence electrons. The molecule has 0 aromatic carbocycles. The third kappa shape index (κ3) is 5.19. The van der Waals surface area contributed by atoms with Crippen molar-refractivity contribution in [2.75, 3.05) is 13.2 Å². The summed E-state index contributed by atoms with van der Waals surface area (Å²) in [6.07, 6.45) is 12.5. The fourth-order valence-electron chi connectivity index (χ4n) is 1.14. The van der Waals surface area contributed by atoms with Crippen molar-refractivity contribution in [3.8, 4) is 0 Å². The van der Waals surface area contributed by atoms with Crippen molar-refractivity contribution >= 4 is 20.7 Å². The minimum Gasteiger partial charge on any atom is -0.229 e. The Morgan fingerprint density at radius 2 is 1.45 bits per heavy atom. The summed E-state index contributed by atoms with van der Waals surface area (Å²) in [6, 6.07) is 0. The van der Waals surface area contributed by atoms with Crippen LogP contribution in [0.5, 0.6) is 0 Å². The van der Waals surface area contributed by atoms with Gasteiger partial charge in [0, 0.05) is 17.0 Å². The molecule has 0 aliphatic rings. The molecule has 20 heavy (non-hydrogen) atoms. The van der Waals surface area contributed by atoms with Gasteiger partial charge in [0.2, 0.25) is 0 Å². The molecule has 2 rings (SSSR count). The maximum atomic E-state index is 11.3. The van der Waals surface area contributed by atoms with Crippen molar-refractivity contribution in [1.29, 1.82) is 0 Å². The molecular weight excluding hydrogens is 283 g/mol. The van der Waals surface area contributed by atoms with Crippen LogP contribution in [0.2, 0.25) is 0 Å². The van der Waals surface area contributed by atoms with E-state index in [1.807, 2.05) is 0 Å². The first-order valence-electron chi connectivity index (χ1n) is 5.59. The lowest BCUT2D eigenvalue weighted by molar-refractivity contribution is 0.261. The molecule has 0 amide bonds. The molecule has 0 N–H and O–H groups in total. The zero-order valence-corrected chi connectivity index (χ0v) is 11.3. The van der Waals surface area contributed by atoms with Gasteiger partial charge in [-0.1, -0.05) is 0 Å². The van der Waals surface area contributed by atoms with Gasteiger partial charge in [-0.15, -0.1) is 9.05 Å². The minimum atomic E-state index is -2.16. The Balaban J connectivity index is 1.58. The van der Waals surface area contributed by atoms with Gasteiger partial charge in [-0.25, -0.2) is 19.3 Å². The SMILES string of the molecule is O=[P+](OC/C=C/n1cncn1)OC/C=C/n1cncn1. The topological polar surface area (TPSA) is 97.0 Å². The molecular formula is C10H12N6O3P+. The van der Waals surface area contributed by atoms with Gasteiger partial charge in [-0.05, 0) is 12.2 Å². The molecule has 2 heterocycles. The average Bonchev–Trinajstić information content (AvgIpc) is 3.13. The van der Waals surface area contributed by atoms with Gasteiger partial charge in [-0.3, -0.25) is 0 Å². The van der Waals surface area contributed by atoms with E-state index in [1.54, 1.807) is 24.6 Å². The Bertz CT molecular complexity index is 516. The molecule has 2 aromatic rings. The fourth-order valence-corrected chi connectivity index (χ4v) is 1.63. The number of hydrogen-bond acceptors (Lipinski definition) is 7. The molecule has 0 radical (unpaired) electrons. The fraction of sp³-hybridized carbons (Fsp3) is 0.200. The van der Waals surface area contributed by atoms with Crippen LogP contribution in [0.1, 0.15) is 0 Å². The average molecular weight is 295 g/mol. The molecule has 0 saturated heterocycles. The number of aromatic nitrogens is 6. The number of rotatable bonds is 8. The Kier molecular flexibility index (Phi) is 5.71. The van der Waals surface area contributed by atoms with E-state index in [0.717, 1.165) is 0 Å². The van der Waals surface area contributed by atoms with Crippen LogP contribution < -0.4 is 0 Å². The molecule has 0 unspecified atom stereocenters. The quantitative estimate of drug-likeness (QED) is 0.675. The zero-order valence-electron chi connectivity index (χ0n) is 10.4. The van der Waals surface area contributed by atoms with Crippen LogP contribution in [0, 0.1) is 0 Å². The zero-order chi connectivity index (χ0) is 14.0. The molecule has 0 bridgehead atoms. The maximum Gasteiger partial charge on any atom is 0.698 e. The van der Waals surface area contributed by atoms with E-state index in [9.17, 15) is 4.57 Å². The Morgan fingerprint density at radius 1 is 0.950 bits per heavy atom. The van der Waals surface area contributed by atoms with E-state index in [-0.39, 0.29) is 13.2 Å². The maximum absolute atomic E-state index is 11.3. The van der Waals surface area contributed by atoms with Crippen LogP contribution in [0.4, 0.5) is 0 Å². The highest BCUT2D eigenvalue weighted by atomic mass is 31.1. The first-order valence-corrected chi connectivity index (χ1v) is 6.69. The largest absolute Gasteiger partial charge is 0.698 e. The van der Waals surface area contributed by atoms with Crippen LogP contribution in [-0.4, -0.2) is 42.7 Å². The Morgan fingerprint density at radius 3 is 1.85 bits per heavy atom. The summed E-state index contributed by atoms with van der Waals surface area (Å²) in [5.41, 5.74) is 0. The van der Waals surface area contributed by atoms with Crippen LogP contribution in [0.25, 0.3) is 12.4 Å². The van der Waals surface area contributed by atoms with Gasteiger partial charge in [0.1, 0.15) is 38.5 Å². The van der Waals surface area contributed by atoms with E-state index in [0.29, 0.717) is 0 Å². The van der Waals surface area contributed by atoms with Crippen molar-refractivity contribution in [2.24, 2.45) is 0 Å². The van der Waals surface area contributed by atoms with Crippen molar-refractivity contribution in [3.05, 3.63) is 37.5 Å². The summed E-state index contributed by atoms with van der Waals surface area (Å²) < 4.78 is 24.2. The van der Waals surface area contributed by atoms with Crippen molar-refractivity contribution < 1.29 is 13.6 Å². The van der Waals surface area contributed by atoms with E-state index in [1.165, 1.54) is 34.7 Å². The van der Waals surface area contributed by atoms with Crippen LogP contribution >= 0.6 is 8.25 Å². The van der Waals surface area contributed by atoms with Gasteiger partial charge in [0.05, 0.1) is 0 Å². The standard InChI is InChI=1S/C10H12N6O3P/c17-20(18-5-1-3-15-9-11-7-13-15)19-6-2-4-16-10-12-8-14-16/h1-4,7-10H,5-6H2/q+1/b3-1+,4-2+. The van der Waals surface area contributed by atoms with Crippen molar-refractivity contribution in [2.45, 2.75) is 0 Å². The van der Waals surface area contributed by atoms with Crippen molar-refractivity contribution in [1.82, 2.24) is 29.5 Å². The Hall–Kier alpha value is -2.22. The molecule has 0 atom stereocenters. The van der Waals surface area contributed by atoms with Crippen molar-refractivity contribution in [3.63, 3.8) is 0 Å². The summed E-state index contributed by atoms with van der Waals surface area (Å²) in [4.78, 5) is 7.53. The lowest BCUT2D eigenvalue weighted by Crippen LogP contribution is -1.90.